The summed E-state index contributed by atoms with van der Waals surface area (Å²) in [7, 11) is -3.61. The highest BCUT2D eigenvalue weighted by molar-refractivity contribution is 7.86. The van der Waals surface area contributed by atoms with E-state index >= 15 is 0 Å². The van der Waals surface area contributed by atoms with Crippen molar-refractivity contribution >= 4 is 10.1 Å². The minimum atomic E-state index is -3.61. The van der Waals surface area contributed by atoms with Gasteiger partial charge in [0.1, 0.15) is 0 Å². The van der Waals surface area contributed by atoms with Crippen LogP contribution < -0.4 is 0 Å². The summed E-state index contributed by atoms with van der Waals surface area (Å²) in [4.78, 5) is 0.221. The Bertz CT molecular complexity index is 446. The first kappa shape index (κ1) is 14.2. The van der Waals surface area contributed by atoms with E-state index < -0.39 is 10.1 Å². The first-order valence-corrected chi connectivity index (χ1v) is 7.31. The number of rotatable bonds is 5. The quantitative estimate of drug-likeness (QED) is 0.759. The topological polar surface area (TPSA) is 43.4 Å². The average molecular weight is 256 g/mol. The van der Waals surface area contributed by atoms with Gasteiger partial charge in [0, 0.05) is 0 Å². The molecule has 1 atom stereocenters. The molecule has 0 radical (unpaired) electrons. The van der Waals surface area contributed by atoms with Crippen molar-refractivity contribution in [3.05, 3.63) is 29.8 Å². The van der Waals surface area contributed by atoms with Gasteiger partial charge in [0.2, 0.25) is 0 Å². The summed E-state index contributed by atoms with van der Waals surface area (Å²) in [6, 6.07) is 6.92. The van der Waals surface area contributed by atoms with E-state index in [9.17, 15) is 8.42 Å². The molecule has 1 rings (SSSR count). The van der Waals surface area contributed by atoms with Gasteiger partial charge in [0.05, 0.1) is 11.0 Å². The highest BCUT2D eigenvalue weighted by Crippen LogP contribution is 2.21. The van der Waals surface area contributed by atoms with E-state index in [-0.39, 0.29) is 11.0 Å². The standard InChI is InChI=1S/C13H20O3S/c1-5-11(4)12-6-8-13(9-7-12)17(14,15)16-10(2)3/h6-11H,5H2,1-4H3. The van der Waals surface area contributed by atoms with Crippen LogP contribution in [0.1, 0.15) is 45.6 Å². The third-order valence-corrected chi connectivity index (χ3v) is 4.16. The molecule has 1 aromatic rings. The molecule has 17 heavy (non-hydrogen) atoms. The van der Waals surface area contributed by atoms with Gasteiger partial charge in [-0.15, -0.1) is 0 Å². The second-order valence-electron chi connectivity index (χ2n) is 4.48. The Kier molecular flexibility index (Phi) is 4.71. The van der Waals surface area contributed by atoms with E-state index in [2.05, 4.69) is 13.8 Å². The SMILES string of the molecule is CCC(C)c1ccc(S(=O)(=O)OC(C)C)cc1. The Balaban J connectivity index is 2.95. The second-order valence-corrected chi connectivity index (χ2v) is 6.05. The summed E-state index contributed by atoms with van der Waals surface area (Å²) in [5, 5.41) is 0. The van der Waals surface area contributed by atoms with E-state index in [1.165, 1.54) is 0 Å². The second kappa shape index (κ2) is 5.65. The van der Waals surface area contributed by atoms with Crippen molar-refractivity contribution in [1.29, 1.82) is 0 Å². The zero-order valence-corrected chi connectivity index (χ0v) is 11.6. The fraction of sp³-hybridized carbons (Fsp3) is 0.538. The van der Waals surface area contributed by atoms with Crippen molar-refractivity contribution in [2.75, 3.05) is 0 Å². The van der Waals surface area contributed by atoms with E-state index in [1.54, 1.807) is 26.0 Å². The Labute approximate surface area is 104 Å². The first-order valence-electron chi connectivity index (χ1n) is 5.90. The van der Waals surface area contributed by atoms with Crippen LogP contribution in [0.25, 0.3) is 0 Å². The molecule has 0 saturated carbocycles. The molecular weight excluding hydrogens is 236 g/mol. The molecule has 0 heterocycles. The summed E-state index contributed by atoms with van der Waals surface area (Å²) in [6.07, 6.45) is 0.698. The van der Waals surface area contributed by atoms with Crippen LogP contribution in [0.5, 0.6) is 0 Å². The maximum atomic E-state index is 11.8. The lowest BCUT2D eigenvalue weighted by molar-refractivity contribution is 0.249. The van der Waals surface area contributed by atoms with Gasteiger partial charge in [-0.05, 0) is 43.9 Å². The van der Waals surface area contributed by atoms with Crippen LogP contribution in [0.4, 0.5) is 0 Å². The molecule has 4 heteroatoms. The molecule has 0 aliphatic carbocycles. The molecule has 0 aliphatic heterocycles. The van der Waals surface area contributed by atoms with Gasteiger partial charge < -0.3 is 0 Å². The zero-order valence-electron chi connectivity index (χ0n) is 10.8. The maximum Gasteiger partial charge on any atom is 0.297 e. The summed E-state index contributed by atoms with van der Waals surface area (Å²) in [5.74, 6) is 0.442. The Morgan fingerprint density at radius 1 is 1.12 bits per heavy atom. The van der Waals surface area contributed by atoms with E-state index in [0.29, 0.717) is 5.92 Å². The minimum absolute atomic E-state index is 0.221. The minimum Gasteiger partial charge on any atom is -0.264 e. The predicted octanol–water partition coefficient (Wildman–Crippen LogP) is 3.31. The van der Waals surface area contributed by atoms with Crippen molar-refractivity contribution in [3.8, 4) is 0 Å². The van der Waals surface area contributed by atoms with Gasteiger partial charge in [-0.25, -0.2) is 0 Å². The van der Waals surface area contributed by atoms with Crippen LogP contribution in [0.15, 0.2) is 29.2 Å². The molecule has 96 valence electrons. The van der Waals surface area contributed by atoms with Crippen molar-refractivity contribution in [2.45, 2.75) is 51.0 Å². The van der Waals surface area contributed by atoms with Gasteiger partial charge in [-0.1, -0.05) is 26.0 Å². The molecule has 0 spiro atoms. The molecule has 1 aromatic carbocycles. The average Bonchev–Trinajstić information content (AvgIpc) is 2.26. The number of hydrogen-bond donors (Lipinski definition) is 0. The van der Waals surface area contributed by atoms with E-state index in [4.69, 9.17) is 4.18 Å². The van der Waals surface area contributed by atoms with Crippen LogP contribution in [0.2, 0.25) is 0 Å². The third-order valence-electron chi connectivity index (χ3n) is 2.67. The Hall–Kier alpha value is -0.870. The Morgan fingerprint density at radius 3 is 2.06 bits per heavy atom. The molecule has 0 amide bonds. The fourth-order valence-corrected chi connectivity index (χ4v) is 2.59. The highest BCUT2D eigenvalue weighted by atomic mass is 32.2. The highest BCUT2D eigenvalue weighted by Gasteiger charge is 2.17. The van der Waals surface area contributed by atoms with Gasteiger partial charge in [-0.3, -0.25) is 4.18 Å². The fourth-order valence-electron chi connectivity index (χ4n) is 1.51. The smallest absolute Gasteiger partial charge is 0.264 e. The third kappa shape index (κ3) is 3.82. The maximum absolute atomic E-state index is 11.8. The molecule has 0 N–H and O–H groups in total. The van der Waals surface area contributed by atoms with Crippen molar-refractivity contribution < 1.29 is 12.6 Å². The molecule has 1 unspecified atom stereocenters. The summed E-state index contributed by atoms with van der Waals surface area (Å²) >= 11 is 0. The molecule has 0 saturated heterocycles. The van der Waals surface area contributed by atoms with Gasteiger partial charge in [0.25, 0.3) is 10.1 Å². The van der Waals surface area contributed by atoms with Crippen molar-refractivity contribution in [2.24, 2.45) is 0 Å². The Morgan fingerprint density at radius 2 is 1.65 bits per heavy atom. The molecule has 0 aromatic heterocycles. The summed E-state index contributed by atoms with van der Waals surface area (Å²) < 4.78 is 28.5. The molecule has 3 nitrogen and oxygen atoms in total. The lowest BCUT2D eigenvalue weighted by Gasteiger charge is -2.11. The number of hydrogen-bond acceptors (Lipinski definition) is 3. The van der Waals surface area contributed by atoms with Gasteiger partial charge in [-0.2, -0.15) is 8.42 Å². The summed E-state index contributed by atoms with van der Waals surface area (Å²) in [5.41, 5.74) is 1.15. The van der Waals surface area contributed by atoms with Gasteiger partial charge in [0.15, 0.2) is 0 Å². The summed E-state index contributed by atoms with van der Waals surface area (Å²) in [6.45, 7) is 7.63. The molecular formula is C13H20O3S. The van der Waals surface area contributed by atoms with Crippen LogP contribution in [-0.4, -0.2) is 14.5 Å². The predicted molar refractivity (Wildman–Crippen MR) is 68.6 cm³/mol. The molecule has 0 aliphatic rings. The van der Waals surface area contributed by atoms with Crippen LogP contribution >= 0.6 is 0 Å². The monoisotopic (exact) mass is 256 g/mol. The van der Waals surface area contributed by atoms with E-state index in [0.717, 1.165) is 12.0 Å². The first-order chi connectivity index (χ1) is 7.86. The zero-order chi connectivity index (χ0) is 13.1. The van der Waals surface area contributed by atoms with Crippen molar-refractivity contribution in [1.82, 2.24) is 0 Å². The molecule has 0 bridgehead atoms. The normalized spacial score (nSPS) is 13.9. The van der Waals surface area contributed by atoms with E-state index in [1.807, 2.05) is 12.1 Å². The van der Waals surface area contributed by atoms with Crippen LogP contribution in [0, 0.1) is 0 Å². The van der Waals surface area contributed by atoms with Crippen molar-refractivity contribution in [3.63, 3.8) is 0 Å². The largest absolute Gasteiger partial charge is 0.297 e. The lowest BCUT2D eigenvalue weighted by Crippen LogP contribution is -2.12. The van der Waals surface area contributed by atoms with Gasteiger partial charge >= 0.3 is 0 Å². The number of benzene rings is 1. The van der Waals surface area contributed by atoms with Crippen LogP contribution in [0.3, 0.4) is 0 Å². The van der Waals surface area contributed by atoms with Crippen LogP contribution in [-0.2, 0) is 14.3 Å². The lowest BCUT2D eigenvalue weighted by atomic mass is 9.99. The molecule has 0 fully saturated rings.